The van der Waals surface area contributed by atoms with E-state index in [1.807, 2.05) is 0 Å². The number of nitrogens with zero attached hydrogens (tertiary/aromatic N) is 1. The smallest absolute Gasteiger partial charge is 0.0594 e. The molecule has 68 valence electrons. The highest BCUT2D eigenvalue weighted by Gasteiger charge is 2.36. The Morgan fingerprint density at radius 3 is 2.67 bits per heavy atom. The van der Waals surface area contributed by atoms with Gasteiger partial charge in [0, 0.05) is 16.1 Å². The van der Waals surface area contributed by atoms with Crippen LogP contribution in [0, 0.1) is 5.41 Å². The second kappa shape index (κ2) is 3.64. The largest absolute Gasteiger partial charge is 0.293 e. The average Bonchev–Trinajstić information content (AvgIpc) is 2.50. The summed E-state index contributed by atoms with van der Waals surface area (Å²) >= 11 is 2.46. The van der Waals surface area contributed by atoms with Crippen LogP contribution in [0.3, 0.4) is 0 Å². The number of aliphatic imine (C=N–C) groups is 1. The van der Waals surface area contributed by atoms with E-state index in [1.54, 1.807) is 0 Å². The normalized spacial score (nSPS) is 32.9. The molecule has 0 radical (unpaired) electrons. The maximum atomic E-state index is 4.60. The minimum atomic E-state index is 0.550. The van der Waals surface area contributed by atoms with Gasteiger partial charge in [-0.05, 0) is 19.3 Å². The molecule has 1 atom stereocenters. The Hall–Kier alpha value is 0.400. The van der Waals surface area contributed by atoms with Gasteiger partial charge in [0.2, 0.25) is 0 Å². The van der Waals surface area contributed by atoms with Gasteiger partial charge < -0.3 is 0 Å². The van der Waals surface area contributed by atoms with E-state index in [1.165, 1.54) is 43.0 Å². The summed E-state index contributed by atoms with van der Waals surface area (Å²) < 4.78 is 1.20. The molecule has 0 amide bonds. The molecular formula is C10H16IN. The van der Waals surface area contributed by atoms with Crippen LogP contribution in [0.4, 0.5) is 0 Å². The fourth-order valence-electron chi connectivity index (χ4n) is 2.52. The third-order valence-electron chi connectivity index (χ3n) is 3.23. The lowest BCUT2D eigenvalue weighted by molar-refractivity contribution is 0.278. The number of alkyl halides is 1. The first kappa shape index (κ1) is 8.97. The van der Waals surface area contributed by atoms with Crippen LogP contribution in [0.1, 0.15) is 38.5 Å². The maximum absolute atomic E-state index is 4.60. The van der Waals surface area contributed by atoms with Gasteiger partial charge in [-0.2, -0.15) is 0 Å². The number of hydrogen-bond donors (Lipinski definition) is 0. The fourth-order valence-corrected chi connectivity index (χ4v) is 3.06. The first-order valence-electron chi connectivity index (χ1n) is 4.95. The molecule has 2 rings (SSSR count). The summed E-state index contributed by atoms with van der Waals surface area (Å²) in [7, 11) is 0. The lowest BCUT2D eigenvalue weighted by atomic mass is 9.73. The van der Waals surface area contributed by atoms with E-state index in [0.29, 0.717) is 11.5 Å². The third kappa shape index (κ3) is 1.68. The van der Waals surface area contributed by atoms with Gasteiger partial charge >= 0.3 is 0 Å². The van der Waals surface area contributed by atoms with Crippen molar-refractivity contribution in [2.24, 2.45) is 10.4 Å². The summed E-state index contributed by atoms with van der Waals surface area (Å²) in [6.07, 6.45) is 10.8. The molecule has 1 aliphatic carbocycles. The molecule has 1 unspecified atom stereocenters. The number of halogens is 1. The van der Waals surface area contributed by atoms with Gasteiger partial charge in [-0.3, -0.25) is 4.99 Å². The average molecular weight is 277 g/mol. The first-order chi connectivity index (χ1) is 5.85. The molecule has 0 N–H and O–H groups in total. The maximum Gasteiger partial charge on any atom is 0.0594 e. The predicted molar refractivity (Wildman–Crippen MR) is 61.3 cm³/mol. The molecular weight excluding hydrogens is 261 g/mol. The van der Waals surface area contributed by atoms with E-state index in [-0.39, 0.29) is 0 Å². The van der Waals surface area contributed by atoms with Gasteiger partial charge in [0.1, 0.15) is 0 Å². The Bertz CT molecular complexity index is 182. The molecule has 0 aromatic heterocycles. The Labute approximate surface area is 88.2 Å². The molecule has 0 aromatic rings. The molecule has 2 aliphatic rings. The minimum absolute atomic E-state index is 0.550. The molecule has 1 spiro atoms. The molecule has 0 bridgehead atoms. The first-order valence-corrected chi connectivity index (χ1v) is 6.48. The standard InChI is InChI=1S/C10H16IN/c11-7-9-6-10(8-12-9)4-2-1-3-5-10/h8-9H,1-7H2. The van der Waals surface area contributed by atoms with Crippen LogP contribution in [-0.4, -0.2) is 16.7 Å². The van der Waals surface area contributed by atoms with Crippen LogP contribution < -0.4 is 0 Å². The topological polar surface area (TPSA) is 12.4 Å². The molecule has 1 nitrogen and oxygen atoms in total. The SMILES string of the molecule is ICC1CC2(C=N1)CCCCC2. The van der Waals surface area contributed by atoms with E-state index in [4.69, 9.17) is 0 Å². The quantitative estimate of drug-likeness (QED) is 0.515. The molecule has 2 heteroatoms. The van der Waals surface area contributed by atoms with Crippen molar-refractivity contribution in [2.75, 3.05) is 4.43 Å². The van der Waals surface area contributed by atoms with Gasteiger partial charge in [0.05, 0.1) is 6.04 Å². The van der Waals surface area contributed by atoms with Gasteiger partial charge in [0.15, 0.2) is 0 Å². The molecule has 1 fully saturated rings. The summed E-state index contributed by atoms with van der Waals surface area (Å²) in [6.45, 7) is 0. The second-order valence-corrected chi connectivity index (χ2v) is 5.09. The van der Waals surface area contributed by atoms with Crippen LogP contribution in [0.25, 0.3) is 0 Å². The number of rotatable bonds is 1. The van der Waals surface area contributed by atoms with Crippen LogP contribution in [0.5, 0.6) is 0 Å². The molecule has 1 saturated carbocycles. The van der Waals surface area contributed by atoms with E-state index in [0.717, 1.165) is 0 Å². The van der Waals surface area contributed by atoms with Crippen molar-refractivity contribution < 1.29 is 0 Å². The number of hydrogen-bond acceptors (Lipinski definition) is 1. The van der Waals surface area contributed by atoms with E-state index >= 15 is 0 Å². The van der Waals surface area contributed by atoms with Gasteiger partial charge in [-0.15, -0.1) is 0 Å². The summed E-state index contributed by atoms with van der Waals surface area (Å²) in [5, 5.41) is 0. The Balaban J connectivity index is 1.99. The highest BCUT2D eigenvalue weighted by Crippen LogP contribution is 2.42. The summed E-state index contributed by atoms with van der Waals surface area (Å²) in [4.78, 5) is 4.60. The van der Waals surface area contributed by atoms with Crippen molar-refractivity contribution >= 4 is 28.8 Å². The predicted octanol–water partition coefficient (Wildman–Crippen LogP) is 3.22. The zero-order valence-electron chi connectivity index (χ0n) is 7.43. The highest BCUT2D eigenvalue weighted by atomic mass is 127. The molecule has 0 aromatic carbocycles. The summed E-state index contributed by atoms with van der Waals surface area (Å²) in [5.74, 6) is 0. The Morgan fingerprint density at radius 1 is 1.33 bits per heavy atom. The van der Waals surface area contributed by atoms with Crippen molar-refractivity contribution in [1.82, 2.24) is 0 Å². The molecule has 1 heterocycles. The monoisotopic (exact) mass is 277 g/mol. The lowest BCUT2D eigenvalue weighted by Crippen LogP contribution is -2.24. The Morgan fingerprint density at radius 2 is 2.08 bits per heavy atom. The van der Waals surface area contributed by atoms with Crippen molar-refractivity contribution in [3.05, 3.63) is 0 Å². The van der Waals surface area contributed by atoms with E-state index < -0.39 is 0 Å². The zero-order chi connectivity index (χ0) is 8.44. The minimum Gasteiger partial charge on any atom is -0.293 e. The van der Waals surface area contributed by atoms with Crippen LogP contribution in [0.2, 0.25) is 0 Å². The Kier molecular flexibility index (Phi) is 2.72. The molecule has 12 heavy (non-hydrogen) atoms. The summed E-state index contributed by atoms with van der Waals surface area (Å²) in [5.41, 5.74) is 0.550. The fraction of sp³-hybridized carbons (Fsp3) is 0.900. The van der Waals surface area contributed by atoms with Crippen LogP contribution in [-0.2, 0) is 0 Å². The molecule has 0 saturated heterocycles. The molecule has 1 aliphatic heterocycles. The summed E-state index contributed by atoms with van der Waals surface area (Å²) in [6, 6.07) is 0.642. The highest BCUT2D eigenvalue weighted by molar-refractivity contribution is 14.1. The third-order valence-corrected chi connectivity index (χ3v) is 4.25. The van der Waals surface area contributed by atoms with E-state index in [2.05, 4.69) is 33.8 Å². The van der Waals surface area contributed by atoms with Crippen molar-refractivity contribution in [1.29, 1.82) is 0 Å². The van der Waals surface area contributed by atoms with Gasteiger partial charge in [-0.1, -0.05) is 41.9 Å². The van der Waals surface area contributed by atoms with E-state index in [9.17, 15) is 0 Å². The van der Waals surface area contributed by atoms with Gasteiger partial charge in [-0.25, -0.2) is 0 Å². The van der Waals surface area contributed by atoms with Crippen molar-refractivity contribution in [3.8, 4) is 0 Å². The second-order valence-electron chi connectivity index (χ2n) is 4.21. The lowest BCUT2D eigenvalue weighted by Gasteiger charge is -2.30. The van der Waals surface area contributed by atoms with Crippen LogP contribution >= 0.6 is 22.6 Å². The van der Waals surface area contributed by atoms with Gasteiger partial charge in [0.25, 0.3) is 0 Å². The van der Waals surface area contributed by atoms with Crippen molar-refractivity contribution in [2.45, 2.75) is 44.6 Å². The van der Waals surface area contributed by atoms with Crippen molar-refractivity contribution in [3.63, 3.8) is 0 Å². The zero-order valence-corrected chi connectivity index (χ0v) is 9.59. The van der Waals surface area contributed by atoms with Crippen LogP contribution in [0.15, 0.2) is 4.99 Å².